The largest absolute Gasteiger partial charge is 0.312 e. The lowest BCUT2D eigenvalue weighted by Gasteiger charge is -2.16. The molecule has 0 atom stereocenters. The van der Waals surface area contributed by atoms with Crippen LogP contribution in [0.1, 0.15) is 31.1 Å². The predicted molar refractivity (Wildman–Crippen MR) is 87.2 cm³/mol. The van der Waals surface area contributed by atoms with Crippen molar-refractivity contribution in [2.45, 2.75) is 43.7 Å². The quantitative estimate of drug-likeness (QED) is 0.640. The van der Waals surface area contributed by atoms with Crippen molar-refractivity contribution in [3.8, 4) is 0 Å². The molecule has 0 bridgehead atoms. The van der Waals surface area contributed by atoms with Gasteiger partial charge < -0.3 is 10.2 Å². The molecule has 1 heterocycles. The van der Waals surface area contributed by atoms with Gasteiger partial charge in [0.2, 0.25) is 10.0 Å². The van der Waals surface area contributed by atoms with Crippen molar-refractivity contribution < 1.29 is 8.42 Å². The molecule has 0 aromatic carbocycles. The second-order valence-electron chi connectivity index (χ2n) is 5.49. The SMILES string of the molecule is CCCNCc1sccc1S(=O)(=O)NCCN(C)C1CC1. The molecule has 21 heavy (non-hydrogen) atoms. The minimum absolute atomic E-state index is 0.421. The highest BCUT2D eigenvalue weighted by Gasteiger charge is 2.26. The van der Waals surface area contributed by atoms with E-state index in [1.165, 1.54) is 24.2 Å². The van der Waals surface area contributed by atoms with E-state index in [1.807, 2.05) is 5.38 Å². The van der Waals surface area contributed by atoms with E-state index in [0.717, 1.165) is 24.4 Å². The van der Waals surface area contributed by atoms with Gasteiger partial charge in [-0.1, -0.05) is 6.92 Å². The minimum Gasteiger partial charge on any atom is -0.312 e. The van der Waals surface area contributed by atoms with Crippen LogP contribution in [0.15, 0.2) is 16.3 Å². The molecular weight excluding hydrogens is 306 g/mol. The van der Waals surface area contributed by atoms with E-state index in [0.29, 0.717) is 24.0 Å². The third kappa shape index (κ3) is 5.03. The van der Waals surface area contributed by atoms with Gasteiger partial charge in [-0.15, -0.1) is 11.3 Å². The molecule has 120 valence electrons. The summed E-state index contributed by atoms with van der Waals surface area (Å²) in [5.41, 5.74) is 0. The van der Waals surface area contributed by atoms with Gasteiger partial charge in [0.1, 0.15) is 0 Å². The zero-order valence-corrected chi connectivity index (χ0v) is 14.4. The maximum absolute atomic E-state index is 12.4. The number of sulfonamides is 1. The number of rotatable bonds is 10. The molecule has 1 saturated carbocycles. The number of likely N-dealkylation sites (N-methyl/N-ethyl adjacent to an activating group) is 1. The van der Waals surface area contributed by atoms with Crippen molar-refractivity contribution >= 4 is 21.4 Å². The predicted octanol–water partition coefficient (Wildman–Crippen LogP) is 1.62. The third-order valence-electron chi connectivity index (χ3n) is 3.63. The molecule has 7 heteroatoms. The highest BCUT2D eigenvalue weighted by Crippen LogP contribution is 2.25. The summed E-state index contributed by atoms with van der Waals surface area (Å²) in [6.45, 7) is 4.84. The Hall–Kier alpha value is -0.470. The van der Waals surface area contributed by atoms with Gasteiger partial charge in [0.05, 0.1) is 4.90 Å². The Balaban J connectivity index is 1.87. The van der Waals surface area contributed by atoms with Gasteiger partial charge in [0, 0.05) is 30.6 Å². The Morgan fingerprint density at radius 1 is 1.38 bits per heavy atom. The average molecular weight is 332 g/mol. The summed E-state index contributed by atoms with van der Waals surface area (Å²) in [6.07, 6.45) is 3.52. The van der Waals surface area contributed by atoms with Crippen molar-refractivity contribution in [2.75, 3.05) is 26.7 Å². The van der Waals surface area contributed by atoms with Crippen LogP contribution in [0.3, 0.4) is 0 Å². The summed E-state index contributed by atoms with van der Waals surface area (Å²) in [5.74, 6) is 0. The highest BCUT2D eigenvalue weighted by molar-refractivity contribution is 7.89. The summed E-state index contributed by atoms with van der Waals surface area (Å²) in [5, 5.41) is 5.10. The first-order chi connectivity index (χ1) is 10.0. The van der Waals surface area contributed by atoms with Crippen molar-refractivity contribution in [1.29, 1.82) is 0 Å². The molecule has 0 radical (unpaired) electrons. The van der Waals surface area contributed by atoms with Gasteiger partial charge in [0.25, 0.3) is 0 Å². The van der Waals surface area contributed by atoms with Crippen LogP contribution in [0.25, 0.3) is 0 Å². The maximum Gasteiger partial charge on any atom is 0.241 e. The van der Waals surface area contributed by atoms with Gasteiger partial charge in [0.15, 0.2) is 0 Å². The normalized spacial score (nSPS) is 15.8. The molecule has 0 unspecified atom stereocenters. The molecule has 2 N–H and O–H groups in total. The van der Waals surface area contributed by atoms with Gasteiger partial charge in [-0.25, -0.2) is 13.1 Å². The van der Waals surface area contributed by atoms with Crippen LogP contribution in [0, 0.1) is 0 Å². The van der Waals surface area contributed by atoms with E-state index in [9.17, 15) is 8.42 Å². The smallest absolute Gasteiger partial charge is 0.241 e. The molecule has 0 amide bonds. The van der Waals surface area contributed by atoms with Gasteiger partial charge in [-0.05, 0) is 44.3 Å². The molecule has 0 spiro atoms. The monoisotopic (exact) mass is 331 g/mol. The van der Waals surface area contributed by atoms with E-state index in [-0.39, 0.29) is 0 Å². The van der Waals surface area contributed by atoms with E-state index in [1.54, 1.807) is 6.07 Å². The first-order valence-corrected chi connectivity index (χ1v) is 9.88. The van der Waals surface area contributed by atoms with Crippen molar-refractivity contribution in [3.63, 3.8) is 0 Å². The molecular formula is C14H25N3O2S2. The fourth-order valence-corrected chi connectivity index (χ4v) is 4.64. The Morgan fingerprint density at radius 3 is 2.81 bits per heavy atom. The number of hydrogen-bond acceptors (Lipinski definition) is 5. The minimum atomic E-state index is -3.39. The summed E-state index contributed by atoms with van der Waals surface area (Å²) in [6, 6.07) is 2.35. The molecule has 1 aliphatic carbocycles. The van der Waals surface area contributed by atoms with E-state index in [2.05, 4.69) is 28.9 Å². The molecule has 1 aromatic heterocycles. The second kappa shape index (κ2) is 7.69. The Bertz CT molecular complexity index is 538. The lowest BCUT2D eigenvalue weighted by molar-refractivity contribution is 0.329. The number of thiophene rings is 1. The molecule has 5 nitrogen and oxygen atoms in total. The highest BCUT2D eigenvalue weighted by atomic mass is 32.2. The van der Waals surface area contributed by atoms with Crippen LogP contribution in [0.5, 0.6) is 0 Å². The first kappa shape index (κ1) is 16.9. The van der Waals surface area contributed by atoms with E-state index < -0.39 is 10.0 Å². The zero-order valence-electron chi connectivity index (χ0n) is 12.8. The summed E-state index contributed by atoms with van der Waals surface area (Å²) in [4.78, 5) is 3.52. The number of nitrogens with zero attached hydrogens (tertiary/aromatic N) is 1. The fraction of sp³-hybridized carbons (Fsp3) is 0.714. The average Bonchev–Trinajstić information content (AvgIpc) is 3.18. The Labute approximate surface area is 131 Å². The van der Waals surface area contributed by atoms with Crippen molar-refractivity contribution in [2.24, 2.45) is 0 Å². The third-order valence-corrected chi connectivity index (χ3v) is 6.23. The Morgan fingerprint density at radius 2 is 2.14 bits per heavy atom. The number of hydrogen-bond donors (Lipinski definition) is 2. The second-order valence-corrected chi connectivity index (χ2v) is 8.23. The van der Waals surface area contributed by atoms with Crippen LogP contribution in [0.2, 0.25) is 0 Å². The van der Waals surface area contributed by atoms with Gasteiger partial charge >= 0.3 is 0 Å². The zero-order chi connectivity index (χ0) is 15.3. The fourth-order valence-electron chi connectivity index (χ4n) is 2.21. The lowest BCUT2D eigenvalue weighted by Crippen LogP contribution is -2.34. The molecule has 2 rings (SSSR count). The first-order valence-electron chi connectivity index (χ1n) is 7.51. The van der Waals surface area contributed by atoms with Gasteiger partial charge in [-0.2, -0.15) is 0 Å². The van der Waals surface area contributed by atoms with Crippen LogP contribution < -0.4 is 10.0 Å². The van der Waals surface area contributed by atoms with Crippen molar-refractivity contribution in [1.82, 2.24) is 14.9 Å². The summed E-state index contributed by atoms with van der Waals surface area (Å²) in [7, 11) is -1.34. The molecule has 1 aromatic rings. The summed E-state index contributed by atoms with van der Waals surface area (Å²) < 4.78 is 27.4. The summed E-state index contributed by atoms with van der Waals surface area (Å²) >= 11 is 1.49. The van der Waals surface area contributed by atoms with Crippen LogP contribution in [0.4, 0.5) is 0 Å². The van der Waals surface area contributed by atoms with Crippen LogP contribution in [-0.4, -0.2) is 46.0 Å². The van der Waals surface area contributed by atoms with E-state index in [4.69, 9.17) is 0 Å². The van der Waals surface area contributed by atoms with Crippen molar-refractivity contribution in [3.05, 3.63) is 16.3 Å². The molecule has 0 aliphatic heterocycles. The lowest BCUT2D eigenvalue weighted by atomic mass is 10.4. The van der Waals surface area contributed by atoms with Crippen LogP contribution in [-0.2, 0) is 16.6 Å². The number of nitrogens with one attached hydrogen (secondary N) is 2. The standard InChI is InChI=1S/C14H25N3O2S2/c1-3-7-15-11-13-14(6-10-20-13)21(18,19)16-8-9-17(2)12-4-5-12/h6,10,12,15-16H,3-5,7-9,11H2,1-2H3. The topological polar surface area (TPSA) is 61.4 Å². The molecule has 1 fully saturated rings. The Kier molecular flexibility index (Phi) is 6.19. The maximum atomic E-state index is 12.4. The molecule has 1 aliphatic rings. The van der Waals surface area contributed by atoms with Gasteiger partial charge in [-0.3, -0.25) is 0 Å². The van der Waals surface area contributed by atoms with Crippen LogP contribution >= 0.6 is 11.3 Å². The van der Waals surface area contributed by atoms with E-state index >= 15 is 0 Å². The molecule has 0 saturated heterocycles.